The Balaban J connectivity index is 1.53. The van der Waals surface area contributed by atoms with E-state index in [0.29, 0.717) is 41.9 Å². The van der Waals surface area contributed by atoms with Gasteiger partial charge in [0, 0.05) is 46.7 Å². The van der Waals surface area contributed by atoms with Gasteiger partial charge in [-0.25, -0.2) is 4.79 Å². The average molecular weight is 496 g/mol. The number of carbonyl (C=O) groups excluding carboxylic acids is 2. The van der Waals surface area contributed by atoms with Crippen LogP contribution in [0.4, 0.5) is 0 Å². The molecule has 0 unspecified atom stereocenters. The van der Waals surface area contributed by atoms with Crippen molar-refractivity contribution in [1.29, 1.82) is 0 Å². The van der Waals surface area contributed by atoms with E-state index in [1.54, 1.807) is 23.5 Å². The van der Waals surface area contributed by atoms with Gasteiger partial charge >= 0.3 is 5.97 Å². The van der Waals surface area contributed by atoms with Gasteiger partial charge in [0.05, 0.1) is 18.8 Å². The van der Waals surface area contributed by atoms with E-state index < -0.39 is 11.9 Å². The van der Waals surface area contributed by atoms with Crippen molar-refractivity contribution >= 4 is 23.1 Å². The molecule has 1 aromatic carbocycles. The summed E-state index contributed by atoms with van der Waals surface area (Å²) in [5.74, 6) is -0.699. The van der Waals surface area contributed by atoms with Gasteiger partial charge in [0.1, 0.15) is 6.61 Å². The van der Waals surface area contributed by atoms with E-state index in [2.05, 4.69) is 11.4 Å². The maximum atomic E-state index is 13.6. The van der Waals surface area contributed by atoms with Crippen LogP contribution in [0.5, 0.6) is 11.5 Å². The highest BCUT2D eigenvalue weighted by molar-refractivity contribution is 7.10. The number of Topliss-reactive ketones (excluding diaryl/α,β-unsaturated/α-hetero) is 1. The molecule has 35 heavy (non-hydrogen) atoms. The van der Waals surface area contributed by atoms with Gasteiger partial charge < -0.3 is 24.6 Å². The van der Waals surface area contributed by atoms with E-state index >= 15 is 0 Å². The lowest BCUT2D eigenvalue weighted by molar-refractivity contribution is -0.142. The fourth-order valence-electron chi connectivity index (χ4n) is 5.26. The zero-order valence-corrected chi connectivity index (χ0v) is 20.7. The summed E-state index contributed by atoms with van der Waals surface area (Å²) in [6.07, 6.45) is 2.78. The second kappa shape index (κ2) is 9.87. The molecule has 1 aromatic heterocycles. The van der Waals surface area contributed by atoms with Gasteiger partial charge in [-0.1, -0.05) is 12.1 Å². The molecule has 1 aliphatic carbocycles. The van der Waals surface area contributed by atoms with E-state index in [1.807, 2.05) is 18.4 Å². The maximum absolute atomic E-state index is 13.6. The number of rotatable bonds is 6. The number of phenolic OH excluding ortho intramolecular Hbond substituents is 1. The van der Waals surface area contributed by atoms with Crippen LogP contribution in [-0.4, -0.2) is 43.3 Å². The molecule has 0 saturated carbocycles. The Morgan fingerprint density at radius 2 is 2.14 bits per heavy atom. The van der Waals surface area contributed by atoms with Gasteiger partial charge in [-0.3, -0.25) is 4.79 Å². The number of esters is 1. The molecule has 8 heteroatoms. The second-order valence-corrected chi connectivity index (χ2v) is 10.2. The number of dihydropyridines is 1. The number of hydrogen-bond acceptors (Lipinski definition) is 8. The summed E-state index contributed by atoms with van der Waals surface area (Å²) < 4.78 is 16.6. The van der Waals surface area contributed by atoms with Crippen LogP contribution in [-0.2, 0) is 19.1 Å². The van der Waals surface area contributed by atoms with Gasteiger partial charge in [0.15, 0.2) is 17.3 Å². The first-order valence-electron chi connectivity index (χ1n) is 11.9. The normalized spacial score (nSPS) is 24.3. The number of phenols is 1. The van der Waals surface area contributed by atoms with Crippen LogP contribution in [0.3, 0.4) is 0 Å². The zero-order chi connectivity index (χ0) is 24.5. The molecule has 2 aromatic rings. The van der Waals surface area contributed by atoms with Crippen LogP contribution >= 0.6 is 11.3 Å². The Labute approximate surface area is 208 Å². The third-order valence-corrected chi connectivity index (χ3v) is 7.99. The number of carbonyl (C=O) groups is 2. The molecule has 0 radical (unpaired) electrons. The molecule has 5 rings (SSSR count). The number of allylic oxidation sites excluding steroid dienone is 3. The quantitative estimate of drug-likeness (QED) is 0.568. The number of ketones is 1. The first kappa shape index (κ1) is 23.6. The van der Waals surface area contributed by atoms with Gasteiger partial charge in [0.25, 0.3) is 0 Å². The van der Waals surface area contributed by atoms with Crippen molar-refractivity contribution in [3.63, 3.8) is 0 Å². The van der Waals surface area contributed by atoms with Gasteiger partial charge in [-0.05, 0) is 55.3 Å². The molecule has 0 spiro atoms. The minimum absolute atomic E-state index is 0.00433. The smallest absolute Gasteiger partial charge is 0.336 e. The minimum atomic E-state index is -0.616. The van der Waals surface area contributed by atoms with Crippen molar-refractivity contribution in [3.05, 3.63) is 68.7 Å². The number of methoxy groups -OCH3 is 1. The van der Waals surface area contributed by atoms with Gasteiger partial charge in [-0.2, -0.15) is 0 Å². The molecule has 0 amide bonds. The molecule has 1 saturated heterocycles. The van der Waals surface area contributed by atoms with Crippen LogP contribution in [0, 0.1) is 0 Å². The Bertz CT molecular complexity index is 1190. The molecule has 2 aliphatic heterocycles. The lowest BCUT2D eigenvalue weighted by atomic mass is 9.72. The minimum Gasteiger partial charge on any atom is -0.504 e. The average Bonchev–Trinajstić information content (AvgIpc) is 3.56. The predicted molar refractivity (Wildman–Crippen MR) is 131 cm³/mol. The van der Waals surface area contributed by atoms with Crippen LogP contribution < -0.4 is 10.1 Å². The molecular weight excluding hydrogens is 466 g/mol. The molecule has 0 bridgehead atoms. The number of thiophene rings is 1. The van der Waals surface area contributed by atoms with Crippen LogP contribution in [0.2, 0.25) is 0 Å². The maximum Gasteiger partial charge on any atom is 0.336 e. The Hall–Kier alpha value is -3.10. The second-order valence-electron chi connectivity index (χ2n) is 9.20. The van der Waals surface area contributed by atoms with E-state index in [0.717, 1.165) is 18.5 Å². The summed E-state index contributed by atoms with van der Waals surface area (Å²) in [5, 5.41) is 15.6. The molecule has 3 aliphatic rings. The molecule has 1 fully saturated rings. The summed E-state index contributed by atoms with van der Waals surface area (Å²) in [7, 11) is 1.47. The number of benzene rings is 1. The van der Waals surface area contributed by atoms with E-state index in [-0.39, 0.29) is 35.9 Å². The first-order chi connectivity index (χ1) is 17.0. The topological polar surface area (TPSA) is 94.1 Å². The zero-order valence-electron chi connectivity index (χ0n) is 19.8. The largest absolute Gasteiger partial charge is 0.504 e. The summed E-state index contributed by atoms with van der Waals surface area (Å²) in [5.41, 5.74) is 3.18. The van der Waals surface area contributed by atoms with E-state index in [1.165, 1.54) is 18.1 Å². The highest BCUT2D eigenvalue weighted by Gasteiger charge is 2.42. The van der Waals surface area contributed by atoms with Gasteiger partial charge in [-0.15, -0.1) is 11.3 Å². The highest BCUT2D eigenvalue weighted by Crippen LogP contribution is 2.47. The standard InChI is InChI=1S/C27H29NO6S/c1-15-24(27(31)34-14-18-5-3-9-33-18)25(16-7-8-20(29)22(13-16)32-2)26-19(28-15)11-17(12-21(26)30)23-6-4-10-35-23/h4,6-8,10,13,17-18,25,28-29H,3,5,9,11-12,14H2,1-2H3/t17-,18+,25-/m0/s1. The van der Waals surface area contributed by atoms with Crippen molar-refractivity contribution in [2.45, 2.75) is 50.5 Å². The van der Waals surface area contributed by atoms with Crippen molar-refractivity contribution < 1.29 is 28.9 Å². The van der Waals surface area contributed by atoms with Crippen molar-refractivity contribution in [2.75, 3.05) is 20.3 Å². The Morgan fingerprint density at radius 3 is 2.86 bits per heavy atom. The summed E-state index contributed by atoms with van der Waals surface area (Å²) in [6.45, 7) is 2.70. The molecule has 3 atom stereocenters. The molecule has 2 N–H and O–H groups in total. The predicted octanol–water partition coefficient (Wildman–Crippen LogP) is 4.55. The van der Waals surface area contributed by atoms with Gasteiger partial charge in [0.2, 0.25) is 0 Å². The number of nitrogens with one attached hydrogen (secondary N) is 1. The third-order valence-electron chi connectivity index (χ3n) is 6.95. The Morgan fingerprint density at radius 1 is 1.29 bits per heavy atom. The van der Waals surface area contributed by atoms with E-state index in [9.17, 15) is 14.7 Å². The molecule has 184 valence electrons. The third kappa shape index (κ3) is 4.60. The Kier molecular flexibility index (Phi) is 6.67. The number of hydrogen-bond donors (Lipinski definition) is 2. The summed E-state index contributed by atoms with van der Waals surface area (Å²) >= 11 is 1.65. The fourth-order valence-corrected chi connectivity index (χ4v) is 6.09. The monoisotopic (exact) mass is 495 g/mol. The number of aromatic hydroxyl groups is 1. The summed E-state index contributed by atoms with van der Waals surface area (Å²) in [4.78, 5) is 28.2. The summed E-state index contributed by atoms with van der Waals surface area (Å²) in [6, 6.07) is 9.02. The van der Waals surface area contributed by atoms with Crippen molar-refractivity contribution in [1.82, 2.24) is 5.32 Å². The molecule has 3 heterocycles. The molecule has 7 nitrogen and oxygen atoms in total. The molecular formula is C27H29NO6S. The lowest BCUT2D eigenvalue weighted by Crippen LogP contribution is -2.36. The number of ether oxygens (including phenoxy) is 3. The fraction of sp³-hybridized carbons (Fsp3) is 0.407. The highest BCUT2D eigenvalue weighted by atomic mass is 32.1. The van der Waals surface area contributed by atoms with Crippen molar-refractivity contribution in [3.8, 4) is 11.5 Å². The van der Waals surface area contributed by atoms with Crippen LogP contribution in [0.25, 0.3) is 0 Å². The SMILES string of the molecule is COc1cc([C@H]2C(C(=O)OC[C@H]3CCCO3)=C(C)NC3=C2C(=O)C[C@@H](c2cccs2)C3)ccc1O. The van der Waals surface area contributed by atoms with Crippen molar-refractivity contribution in [2.24, 2.45) is 0 Å². The van der Waals surface area contributed by atoms with Crippen LogP contribution in [0.1, 0.15) is 54.9 Å². The van der Waals surface area contributed by atoms with Crippen LogP contribution in [0.15, 0.2) is 58.3 Å². The first-order valence-corrected chi connectivity index (χ1v) is 12.8. The lowest BCUT2D eigenvalue weighted by Gasteiger charge is -2.36. The van der Waals surface area contributed by atoms with E-state index in [4.69, 9.17) is 14.2 Å².